The molecule has 1 aliphatic rings. The minimum atomic E-state index is -4.67. The minimum absolute atomic E-state index is 0.0320. The van der Waals surface area contributed by atoms with Gasteiger partial charge < -0.3 is 10.0 Å². The quantitative estimate of drug-likeness (QED) is 0.728. The molecule has 1 amide bonds. The van der Waals surface area contributed by atoms with Gasteiger partial charge in [-0.15, -0.1) is 11.3 Å². The average Bonchev–Trinajstić information content (AvgIpc) is 2.97. The summed E-state index contributed by atoms with van der Waals surface area (Å²) in [7, 11) is 0. The van der Waals surface area contributed by atoms with Gasteiger partial charge in [-0.25, -0.2) is 4.79 Å². The van der Waals surface area contributed by atoms with Crippen molar-refractivity contribution < 1.29 is 27.9 Å². The van der Waals surface area contributed by atoms with Crippen molar-refractivity contribution in [1.82, 2.24) is 0 Å². The predicted molar refractivity (Wildman–Crippen MR) is 98.0 cm³/mol. The van der Waals surface area contributed by atoms with Crippen LogP contribution in [0.4, 0.5) is 18.9 Å². The molecule has 0 unspecified atom stereocenters. The SMILES string of the molecule is CC1CCC(C(=O)N(c2cc(C#CC(F)(F)F)sc2C(=O)O)C(C)C)CC1. The van der Waals surface area contributed by atoms with E-state index in [4.69, 9.17) is 0 Å². The van der Waals surface area contributed by atoms with Crippen LogP contribution in [0.5, 0.6) is 0 Å². The Morgan fingerprint density at radius 1 is 1.26 bits per heavy atom. The smallest absolute Gasteiger partial charge is 0.458 e. The number of hydrogen-bond donors (Lipinski definition) is 1. The number of carboxylic acid groups (broad SMARTS) is 1. The van der Waals surface area contributed by atoms with E-state index in [0.29, 0.717) is 17.3 Å². The zero-order valence-corrected chi connectivity index (χ0v) is 16.2. The number of carbonyl (C=O) groups is 2. The fraction of sp³-hybridized carbons (Fsp3) is 0.579. The van der Waals surface area contributed by atoms with Crippen molar-refractivity contribution in [3.05, 3.63) is 15.8 Å². The molecule has 0 radical (unpaired) electrons. The summed E-state index contributed by atoms with van der Waals surface area (Å²) in [5.41, 5.74) is 0.123. The number of carboxylic acids is 1. The third-order valence-corrected chi connectivity index (χ3v) is 5.64. The number of nitrogens with zero attached hydrogens (tertiary/aromatic N) is 1. The van der Waals surface area contributed by atoms with Crippen LogP contribution in [0.3, 0.4) is 0 Å². The van der Waals surface area contributed by atoms with Gasteiger partial charge in [-0.2, -0.15) is 13.2 Å². The maximum atomic E-state index is 13.1. The molecule has 0 bridgehead atoms. The number of amides is 1. The maximum absolute atomic E-state index is 13.1. The summed E-state index contributed by atoms with van der Waals surface area (Å²) in [6.45, 7) is 5.65. The Balaban J connectivity index is 2.40. The second-order valence-electron chi connectivity index (χ2n) is 7.14. The number of carbonyl (C=O) groups excluding carboxylic acids is 1. The van der Waals surface area contributed by atoms with E-state index in [1.807, 2.05) is 5.92 Å². The van der Waals surface area contributed by atoms with E-state index in [2.05, 4.69) is 6.92 Å². The van der Waals surface area contributed by atoms with Crippen LogP contribution in [0.15, 0.2) is 6.07 Å². The van der Waals surface area contributed by atoms with E-state index in [1.165, 1.54) is 11.0 Å². The van der Waals surface area contributed by atoms with Gasteiger partial charge in [0.05, 0.1) is 10.6 Å². The molecule has 1 aromatic heterocycles. The van der Waals surface area contributed by atoms with Crippen LogP contribution in [-0.4, -0.2) is 29.2 Å². The van der Waals surface area contributed by atoms with Crippen LogP contribution in [0.25, 0.3) is 0 Å². The summed E-state index contributed by atoms with van der Waals surface area (Å²) in [6, 6.07) is 0.948. The number of aromatic carboxylic acids is 1. The molecule has 1 N–H and O–H groups in total. The molecular weight excluding hydrogens is 379 g/mol. The molecule has 0 aliphatic heterocycles. The molecule has 8 heteroatoms. The summed E-state index contributed by atoms with van der Waals surface area (Å²) in [5.74, 6) is 2.01. The first-order valence-electron chi connectivity index (χ1n) is 8.79. The molecule has 0 spiro atoms. The topological polar surface area (TPSA) is 57.6 Å². The van der Waals surface area contributed by atoms with Crippen LogP contribution >= 0.6 is 11.3 Å². The lowest BCUT2D eigenvalue weighted by molar-refractivity contribution is -0.123. The highest BCUT2D eigenvalue weighted by Crippen LogP contribution is 2.36. The molecular formula is C19H22F3NO3S. The summed E-state index contributed by atoms with van der Waals surface area (Å²) in [4.78, 5) is 25.9. The number of thiophene rings is 1. The Bertz CT molecular complexity index is 765. The predicted octanol–water partition coefficient (Wildman–Crippen LogP) is 4.93. The maximum Gasteiger partial charge on any atom is 0.458 e. The van der Waals surface area contributed by atoms with Crippen LogP contribution in [0.2, 0.25) is 0 Å². The highest BCUT2D eigenvalue weighted by atomic mass is 32.1. The Labute approximate surface area is 160 Å². The minimum Gasteiger partial charge on any atom is -0.477 e. The second-order valence-corrected chi connectivity index (χ2v) is 8.19. The van der Waals surface area contributed by atoms with Gasteiger partial charge in [0.2, 0.25) is 5.91 Å². The molecule has 1 heterocycles. The van der Waals surface area contributed by atoms with Crippen molar-refractivity contribution in [2.24, 2.45) is 11.8 Å². The Morgan fingerprint density at radius 2 is 1.85 bits per heavy atom. The Morgan fingerprint density at radius 3 is 2.33 bits per heavy atom. The molecule has 1 fully saturated rings. The second kappa shape index (κ2) is 8.34. The standard InChI is InChI=1S/C19H22F3NO3S/c1-11(2)23(17(24)13-6-4-12(3)5-7-13)15-10-14(8-9-19(20,21)22)27-16(15)18(25)26/h10-13H,4-7H2,1-3H3,(H,25,26). The Hall–Kier alpha value is -2.01. The van der Waals surface area contributed by atoms with E-state index in [0.717, 1.165) is 31.6 Å². The normalized spacial score (nSPS) is 20.1. The largest absolute Gasteiger partial charge is 0.477 e. The van der Waals surface area contributed by atoms with Crippen molar-refractivity contribution >= 4 is 28.9 Å². The molecule has 1 aromatic rings. The first kappa shape index (κ1) is 21.3. The van der Waals surface area contributed by atoms with Gasteiger partial charge >= 0.3 is 12.1 Å². The van der Waals surface area contributed by atoms with Gasteiger partial charge in [0, 0.05) is 17.9 Å². The Kier molecular flexibility index (Phi) is 6.58. The average molecular weight is 401 g/mol. The van der Waals surface area contributed by atoms with E-state index < -0.39 is 12.1 Å². The van der Waals surface area contributed by atoms with Gasteiger partial charge in [0.15, 0.2) is 0 Å². The first-order chi connectivity index (χ1) is 12.5. The van der Waals surface area contributed by atoms with Gasteiger partial charge in [0.25, 0.3) is 0 Å². The van der Waals surface area contributed by atoms with E-state index in [9.17, 15) is 27.9 Å². The molecule has 27 heavy (non-hydrogen) atoms. The fourth-order valence-corrected chi connectivity index (χ4v) is 4.10. The molecule has 2 rings (SSSR count). The van der Waals surface area contributed by atoms with Gasteiger partial charge in [-0.05, 0) is 57.4 Å². The lowest BCUT2D eigenvalue weighted by Gasteiger charge is -2.33. The summed E-state index contributed by atoms with van der Waals surface area (Å²) in [5, 5.41) is 9.47. The summed E-state index contributed by atoms with van der Waals surface area (Å²) >= 11 is 0.651. The zero-order chi connectivity index (χ0) is 20.4. The molecule has 0 aromatic carbocycles. The highest BCUT2D eigenvalue weighted by molar-refractivity contribution is 7.15. The lowest BCUT2D eigenvalue weighted by Crippen LogP contribution is -2.42. The van der Waals surface area contributed by atoms with Crippen LogP contribution in [0, 0.1) is 23.7 Å². The van der Waals surface area contributed by atoms with Crippen molar-refractivity contribution in [3.8, 4) is 11.8 Å². The number of halogens is 3. The number of hydrogen-bond acceptors (Lipinski definition) is 3. The summed E-state index contributed by atoms with van der Waals surface area (Å²) in [6.07, 6.45) is -1.34. The number of alkyl halides is 3. The highest BCUT2D eigenvalue weighted by Gasteiger charge is 2.33. The number of anilines is 1. The van der Waals surface area contributed by atoms with Crippen LogP contribution in [-0.2, 0) is 4.79 Å². The van der Waals surface area contributed by atoms with Crippen LogP contribution in [0.1, 0.15) is 61.0 Å². The van der Waals surface area contributed by atoms with Gasteiger partial charge in [0.1, 0.15) is 4.88 Å². The zero-order valence-electron chi connectivity index (χ0n) is 15.4. The van der Waals surface area contributed by atoms with Crippen LogP contribution < -0.4 is 4.90 Å². The molecule has 0 saturated heterocycles. The van der Waals surface area contributed by atoms with Gasteiger partial charge in [-0.3, -0.25) is 4.79 Å². The van der Waals surface area contributed by atoms with Crippen molar-refractivity contribution in [3.63, 3.8) is 0 Å². The third kappa shape index (κ3) is 5.48. The van der Waals surface area contributed by atoms with Crippen molar-refractivity contribution in [2.75, 3.05) is 4.90 Å². The summed E-state index contributed by atoms with van der Waals surface area (Å²) < 4.78 is 37.0. The molecule has 1 aliphatic carbocycles. The van der Waals surface area contributed by atoms with E-state index in [-0.39, 0.29) is 33.3 Å². The monoisotopic (exact) mass is 401 g/mol. The fourth-order valence-electron chi connectivity index (χ4n) is 3.26. The molecule has 1 saturated carbocycles. The number of rotatable bonds is 4. The first-order valence-corrected chi connectivity index (χ1v) is 9.61. The molecule has 148 valence electrons. The van der Waals surface area contributed by atoms with Gasteiger partial charge in [-0.1, -0.05) is 6.92 Å². The van der Waals surface area contributed by atoms with E-state index >= 15 is 0 Å². The molecule has 0 atom stereocenters. The van der Waals surface area contributed by atoms with Crippen molar-refractivity contribution in [2.45, 2.75) is 58.7 Å². The lowest BCUT2D eigenvalue weighted by atomic mass is 9.82. The third-order valence-electron chi connectivity index (χ3n) is 4.61. The van der Waals surface area contributed by atoms with E-state index in [1.54, 1.807) is 13.8 Å². The molecule has 4 nitrogen and oxygen atoms in total. The van der Waals surface area contributed by atoms with Crippen molar-refractivity contribution in [1.29, 1.82) is 0 Å².